The first kappa shape index (κ1) is 14.4. The van der Waals surface area contributed by atoms with Crippen molar-refractivity contribution in [3.8, 4) is 0 Å². The molecular weight excluding hydrogens is 350 g/mol. The molecule has 1 aromatic heterocycles. The van der Waals surface area contributed by atoms with E-state index in [2.05, 4.69) is 27.4 Å². The summed E-state index contributed by atoms with van der Waals surface area (Å²) < 4.78 is 1.16. The van der Waals surface area contributed by atoms with Gasteiger partial charge in [0.15, 0.2) is 0 Å². The maximum atomic E-state index is 6.15. The molecule has 1 aromatic carbocycles. The van der Waals surface area contributed by atoms with Gasteiger partial charge in [0, 0.05) is 26.0 Å². The zero-order valence-corrected chi connectivity index (χ0v) is 13.6. The fourth-order valence-electron chi connectivity index (χ4n) is 1.53. The lowest BCUT2D eigenvalue weighted by Gasteiger charge is -2.11. The van der Waals surface area contributed by atoms with E-state index < -0.39 is 0 Å². The first-order valence-corrected chi connectivity index (χ1v) is 8.55. The van der Waals surface area contributed by atoms with Gasteiger partial charge in [0.25, 0.3) is 0 Å². The molecule has 0 saturated heterocycles. The maximum absolute atomic E-state index is 6.15. The largest absolute Gasteiger partial charge is 0.327 e. The molecule has 0 saturated carbocycles. The summed E-state index contributed by atoms with van der Waals surface area (Å²) >= 11 is 13.1. The molecule has 1 unspecified atom stereocenters. The van der Waals surface area contributed by atoms with Crippen molar-refractivity contribution >= 4 is 50.6 Å². The van der Waals surface area contributed by atoms with E-state index in [0.717, 1.165) is 26.6 Å². The second-order valence-electron chi connectivity index (χ2n) is 3.90. The molecule has 18 heavy (non-hydrogen) atoms. The van der Waals surface area contributed by atoms with Gasteiger partial charge in [0.05, 0.1) is 5.02 Å². The molecule has 0 amide bonds. The van der Waals surface area contributed by atoms with Crippen LogP contribution in [0.15, 0.2) is 45.1 Å². The van der Waals surface area contributed by atoms with Crippen molar-refractivity contribution < 1.29 is 0 Å². The van der Waals surface area contributed by atoms with Crippen LogP contribution in [0.5, 0.6) is 0 Å². The number of thiophene rings is 1. The SMILES string of the molecule is NC(CSc1ccccc1Cl)Cc1sccc1Br. The van der Waals surface area contributed by atoms with Crippen LogP contribution in [0.3, 0.4) is 0 Å². The van der Waals surface area contributed by atoms with Crippen molar-refractivity contribution in [2.75, 3.05) is 5.75 Å². The van der Waals surface area contributed by atoms with E-state index >= 15 is 0 Å². The second-order valence-corrected chi connectivity index (χ2v) is 7.22. The summed E-state index contributed by atoms with van der Waals surface area (Å²) in [4.78, 5) is 2.40. The summed E-state index contributed by atoms with van der Waals surface area (Å²) in [6, 6.07) is 10.1. The molecule has 0 fully saturated rings. The van der Waals surface area contributed by atoms with Crippen LogP contribution in [-0.2, 0) is 6.42 Å². The Morgan fingerprint density at radius 2 is 2.11 bits per heavy atom. The van der Waals surface area contributed by atoms with Crippen molar-refractivity contribution in [1.29, 1.82) is 0 Å². The minimum Gasteiger partial charge on any atom is -0.327 e. The average molecular weight is 363 g/mol. The number of thioether (sulfide) groups is 1. The van der Waals surface area contributed by atoms with Gasteiger partial charge in [-0.25, -0.2) is 0 Å². The normalized spacial score (nSPS) is 12.6. The van der Waals surface area contributed by atoms with Gasteiger partial charge in [-0.1, -0.05) is 23.7 Å². The Bertz CT molecular complexity index is 515. The lowest BCUT2D eigenvalue weighted by Crippen LogP contribution is -2.25. The number of benzene rings is 1. The summed E-state index contributed by atoms with van der Waals surface area (Å²) in [6.07, 6.45) is 0.899. The first-order valence-electron chi connectivity index (χ1n) is 5.51. The predicted octanol–water partition coefficient (Wildman–Crippen LogP) is 4.83. The van der Waals surface area contributed by atoms with Crippen LogP contribution < -0.4 is 5.73 Å². The summed E-state index contributed by atoms with van der Waals surface area (Å²) in [6.45, 7) is 0. The van der Waals surface area contributed by atoms with E-state index in [0.29, 0.717) is 0 Å². The fourth-order valence-corrected chi connectivity index (χ4v) is 4.33. The standard InChI is InChI=1S/C13H13BrClNS2/c14-10-5-6-17-13(10)7-9(16)8-18-12-4-2-1-3-11(12)15/h1-6,9H,7-8,16H2. The Balaban J connectivity index is 1.87. The average Bonchev–Trinajstić information content (AvgIpc) is 2.74. The van der Waals surface area contributed by atoms with Gasteiger partial charge >= 0.3 is 0 Å². The van der Waals surface area contributed by atoms with Crippen LogP contribution in [-0.4, -0.2) is 11.8 Å². The van der Waals surface area contributed by atoms with E-state index in [1.54, 1.807) is 23.1 Å². The second kappa shape index (κ2) is 6.96. The minimum atomic E-state index is 0.140. The van der Waals surface area contributed by atoms with Crippen molar-refractivity contribution in [2.24, 2.45) is 5.73 Å². The molecule has 2 rings (SSSR count). The Hall–Kier alpha value is -0.000000000000000111. The molecule has 0 radical (unpaired) electrons. The Labute approximate surface area is 129 Å². The van der Waals surface area contributed by atoms with Gasteiger partial charge in [0.2, 0.25) is 0 Å². The van der Waals surface area contributed by atoms with Crippen molar-refractivity contribution in [1.82, 2.24) is 0 Å². The number of rotatable bonds is 5. The topological polar surface area (TPSA) is 26.0 Å². The first-order chi connectivity index (χ1) is 8.66. The summed E-state index contributed by atoms with van der Waals surface area (Å²) in [7, 11) is 0. The van der Waals surface area contributed by atoms with Gasteiger partial charge in [-0.05, 0) is 45.9 Å². The molecule has 0 aliphatic heterocycles. The number of halogens is 2. The van der Waals surface area contributed by atoms with E-state index in [-0.39, 0.29) is 6.04 Å². The van der Waals surface area contributed by atoms with Crippen LogP contribution in [0.4, 0.5) is 0 Å². The van der Waals surface area contributed by atoms with E-state index in [1.807, 2.05) is 24.3 Å². The fraction of sp³-hybridized carbons (Fsp3) is 0.231. The van der Waals surface area contributed by atoms with Crippen LogP contribution in [0.25, 0.3) is 0 Å². The van der Waals surface area contributed by atoms with Gasteiger partial charge in [-0.3, -0.25) is 0 Å². The molecule has 0 bridgehead atoms. The number of nitrogens with two attached hydrogens (primary N) is 1. The summed E-state index contributed by atoms with van der Waals surface area (Å²) in [5.41, 5.74) is 6.15. The van der Waals surface area contributed by atoms with E-state index in [1.165, 1.54) is 4.88 Å². The van der Waals surface area contributed by atoms with E-state index in [9.17, 15) is 0 Å². The lowest BCUT2D eigenvalue weighted by atomic mass is 10.2. The van der Waals surface area contributed by atoms with Crippen LogP contribution in [0, 0.1) is 0 Å². The van der Waals surface area contributed by atoms with Gasteiger partial charge in [-0.15, -0.1) is 23.1 Å². The third kappa shape index (κ3) is 4.00. The molecule has 0 aliphatic rings. The molecule has 5 heteroatoms. The summed E-state index contributed by atoms with van der Waals surface area (Å²) in [5.74, 6) is 0.869. The van der Waals surface area contributed by atoms with Gasteiger partial charge in [0.1, 0.15) is 0 Å². The van der Waals surface area contributed by atoms with Crippen LogP contribution in [0.1, 0.15) is 4.88 Å². The molecule has 0 spiro atoms. The van der Waals surface area contributed by atoms with E-state index in [4.69, 9.17) is 17.3 Å². The van der Waals surface area contributed by atoms with Gasteiger partial charge < -0.3 is 5.73 Å². The highest BCUT2D eigenvalue weighted by molar-refractivity contribution is 9.10. The quantitative estimate of drug-likeness (QED) is 0.771. The Morgan fingerprint density at radius 1 is 1.33 bits per heavy atom. The van der Waals surface area contributed by atoms with Gasteiger partial charge in [-0.2, -0.15) is 0 Å². The Morgan fingerprint density at radius 3 is 2.78 bits per heavy atom. The molecule has 2 N–H and O–H groups in total. The molecule has 96 valence electrons. The molecule has 1 atom stereocenters. The molecular formula is C13H13BrClNS2. The predicted molar refractivity (Wildman–Crippen MR) is 85.9 cm³/mol. The third-order valence-electron chi connectivity index (χ3n) is 2.43. The molecule has 2 aromatic rings. The number of hydrogen-bond donors (Lipinski definition) is 1. The lowest BCUT2D eigenvalue weighted by molar-refractivity contribution is 0.756. The monoisotopic (exact) mass is 361 g/mol. The highest BCUT2D eigenvalue weighted by atomic mass is 79.9. The zero-order valence-electron chi connectivity index (χ0n) is 9.61. The summed E-state index contributed by atoms with van der Waals surface area (Å²) in [5, 5.41) is 2.87. The highest BCUT2D eigenvalue weighted by Crippen LogP contribution is 2.28. The van der Waals surface area contributed by atoms with Crippen LogP contribution >= 0.6 is 50.6 Å². The number of hydrogen-bond acceptors (Lipinski definition) is 3. The minimum absolute atomic E-state index is 0.140. The third-order valence-corrected chi connectivity index (χ3v) is 6.08. The smallest absolute Gasteiger partial charge is 0.0541 e. The maximum Gasteiger partial charge on any atom is 0.0541 e. The highest BCUT2D eigenvalue weighted by Gasteiger charge is 2.09. The molecule has 1 nitrogen and oxygen atoms in total. The van der Waals surface area contributed by atoms with Crippen molar-refractivity contribution in [3.63, 3.8) is 0 Å². The van der Waals surface area contributed by atoms with Crippen molar-refractivity contribution in [3.05, 3.63) is 50.1 Å². The van der Waals surface area contributed by atoms with Crippen LogP contribution in [0.2, 0.25) is 5.02 Å². The zero-order chi connectivity index (χ0) is 13.0. The molecule has 1 heterocycles. The molecule has 0 aliphatic carbocycles. The Kier molecular flexibility index (Phi) is 5.57. The van der Waals surface area contributed by atoms with Crippen molar-refractivity contribution in [2.45, 2.75) is 17.4 Å².